The molecule has 1 rings (SSSR count). The zero-order valence-electron chi connectivity index (χ0n) is 10.1. The molecule has 2 nitrogen and oxygen atoms in total. The van der Waals surface area contributed by atoms with Gasteiger partial charge in [0.2, 0.25) is 5.88 Å². The number of hydrogen-bond acceptors (Lipinski definition) is 2. The molecule has 1 aromatic heterocycles. The highest BCUT2D eigenvalue weighted by Crippen LogP contribution is 2.36. The summed E-state index contributed by atoms with van der Waals surface area (Å²) < 4.78 is 43.3. The van der Waals surface area contributed by atoms with Crippen molar-refractivity contribution in [2.24, 2.45) is 0 Å². The summed E-state index contributed by atoms with van der Waals surface area (Å²) >= 11 is 0. The number of hydrogen-bond donors (Lipinski definition) is 0. The normalized spacial score (nSPS) is 13.5. The topological polar surface area (TPSA) is 22.1 Å². The fourth-order valence-electron chi connectivity index (χ4n) is 1.78. The minimum absolute atomic E-state index is 0.00947. The zero-order valence-corrected chi connectivity index (χ0v) is 10.1. The third-order valence-corrected chi connectivity index (χ3v) is 2.63. The molecule has 0 saturated carbocycles. The van der Waals surface area contributed by atoms with Crippen LogP contribution < -0.4 is 4.74 Å². The van der Waals surface area contributed by atoms with Crippen LogP contribution in [0.25, 0.3) is 0 Å². The van der Waals surface area contributed by atoms with Crippen molar-refractivity contribution < 1.29 is 17.9 Å². The lowest BCUT2D eigenvalue weighted by atomic mass is 9.95. The number of pyridine rings is 1. The van der Waals surface area contributed by atoms with E-state index in [0.717, 1.165) is 6.42 Å². The van der Waals surface area contributed by atoms with Crippen LogP contribution in [0.3, 0.4) is 0 Å². The number of aromatic nitrogens is 1. The summed E-state index contributed by atoms with van der Waals surface area (Å²) in [5.41, 5.74) is -0.599. The van der Waals surface area contributed by atoms with Crippen molar-refractivity contribution in [3.63, 3.8) is 0 Å². The van der Waals surface area contributed by atoms with Gasteiger partial charge in [-0.05, 0) is 17.9 Å². The molecule has 1 unspecified atom stereocenters. The van der Waals surface area contributed by atoms with Crippen molar-refractivity contribution in [3.05, 3.63) is 23.4 Å². The van der Waals surface area contributed by atoms with Crippen LogP contribution in [0.2, 0.25) is 0 Å². The smallest absolute Gasteiger partial charge is 0.433 e. The molecule has 0 amide bonds. The van der Waals surface area contributed by atoms with Crippen LogP contribution in [0.4, 0.5) is 13.2 Å². The third-order valence-electron chi connectivity index (χ3n) is 2.63. The van der Waals surface area contributed by atoms with Gasteiger partial charge in [-0.1, -0.05) is 26.3 Å². The zero-order chi connectivity index (χ0) is 13.1. The molecule has 1 heterocycles. The van der Waals surface area contributed by atoms with Gasteiger partial charge in [0.15, 0.2) is 5.69 Å². The van der Waals surface area contributed by atoms with Crippen molar-refractivity contribution in [2.45, 2.75) is 38.8 Å². The van der Waals surface area contributed by atoms with Crippen molar-refractivity contribution in [3.8, 4) is 5.88 Å². The van der Waals surface area contributed by atoms with Crippen LogP contribution in [0, 0.1) is 0 Å². The quantitative estimate of drug-likeness (QED) is 0.801. The summed E-state index contributed by atoms with van der Waals surface area (Å²) in [4.78, 5) is 3.52. The number of alkyl halides is 3. The number of ether oxygens (including phenoxy) is 1. The van der Waals surface area contributed by atoms with Crippen LogP contribution >= 0.6 is 0 Å². The van der Waals surface area contributed by atoms with Gasteiger partial charge in [0.25, 0.3) is 0 Å². The van der Waals surface area contributed by atoms with Crippen molar-refractivity contribution in [1.29, 1.82) is 0 Å². The Morgan fingerprint density at radius 2 is 2.00 bits per heavy atom. The fourth-order valence-corrected chi connectivity index (χ4v) is 1.78. The van der Waals surface area contributed by atoms with E-state index in [4.69, 9.17) is 4.74 Å². The highest BCUT2D eigenvalue weighted by molar-refractivity contribution is 5.30. The Morgan fingerprint density at radius 1 is 1.35 bits per heavy atom. The van der Waals surface area contributed by atoms with Gasteiger partial charge in [-0.15, -0.1) is 0 Å². The molecule has 17 heavy (non-hydrogen) atoms. The maximum atomic E-state index is 12.8. The summed E-state index contributed by atoms with van der Waals surface area (Å²) in [6.45, 7) is 3.73. The molecule has 0 saturated heterocycles. The average molecular weight is 247 g/mol. The molecule has 0 aliphatic heterocycles. The maximum absolute atomic E-state index is 12.8. The Balaban J connectivity index is 3.20. The number of methoxy groups -OCH3 is 1. The molecule has 1 aromatic rings. The SMILES string of the molecule is CCCC(C)c1ccc(OC)nc1C(F)(F)F. The van der Waals surface area contributed by atoms with Gasteiger partial charge in [-0.25, -0.2) is 4.98 Å². The minimum Gasteiger partial charge on any atom is -0.481 e. The predicted molar refractivity (Wildman–Crippen MR) is 59.1 cm³/mol. The Kier molecular flexibility index (Phi) is 4.37. The summed E-state index contributed by atoms with van der Waals surface area (Å²) in [5.74, 6) is -0.167. The second-order valence-corrected chi connectivity index (χ2v) is 3.98. The molecule has 1 atom stereocenters. The second-order valence-electron chi connectivity index (χ2n) is 3.98. The first-order chi connectivity index (χ1) is 7.90. The average Bonchev–Trinajstić information content (AvgIpc) is 2.27. The minimum atomic E-state index is -4.44. The highest BCUT2D eigenvalue weighted by atomic mass is 19.4. The molecule has 0 fully saturated rings. The Labute approximate surface area is 98.8 Å². The first-order valence-corrected chi connectivity index (χ1v) is 5.52. The highest BCUT2D eigenvalue weighted by Gasteiger charge is 2.36. The fraction of sp³-hybridized carbons (Fsp3) is 0.583. The van der Waals surface area contributed by atoms with E-state index in [-0.39, 0.29) is 17.4 Å². The van der Waals surface area contributed by atoms with E-state index in [0.29, 0.717) is 6.42 Å². The summed E-state index contributed by atoms with van der Waals surface area (Å²) in [6.07, 6.45) is -2.90. The van der Waals surface area contributed by atoms with E-state index >= 15 is 0 Å². The van der Waals surface area contributed by atoms with Gasteiger partial charge in [-0.3, -0.25) is 0 Å². The monoisotopic (exact) mass is 247 g/mol. The maximum Gasteiger partial charge on any atom is 0.433 e. The van der Waals surface area contributed by atoms with Crippen molar-refractivity contribution in [1.82, 2.24) is 4.98 Å². The number of nitrogens with zero attached hydrogens (tertiary/aromatic N) is 1. The molecule has 5 heteroatoms. The second kappa shape index (κ2) is 5.38. The summed E-state index contributed by atoms with van der Waals surface area (Å²) in [7, 11) is 1.30. The Bertz CT molecular complexity index is 377. The first-order valence-electron chi connectivity index (χ1n) is 5.52. The van der Waals surface area contributed by atoms with Crippen LogP contribution in [0.1, 0.15) is 43.9 Å². The molecule has 0 bridgehead atoms. The lowest BCUT2D eigenvalue weighted by molar-refractivity contribution is -0.142. The molecule has 0 radical (unpaired) electrons. The molecule has 0 aliphatic carbocycles. The van der Waals surface area contributed by atoms with E-state index in [9.17, 15) is 13.2 Å². The molecule has 0 spiro atoms. The van der Waals surface area contributed by atoms with Crippen molar-refractivity contribution in [2.75, 3.05) is 7.11 Å². The molecule has 96 valence electrons. The van der Waals surface area contributed by atoms with Gasteiger partial charge in [0.05, 0.1) is 7.11 Å². The van der Waals surface area contributed by atoms with Gasteiger partial charge in [-0.2, -0.15) is 13.2 Å². The van der Waals surface area contributed by atoms with Crippen LogP contribution in [-0.4, -0.2) is 12.1 Å². The lowest BCUT2D eigenvalue weighted by Gasteiger charge is -2.17. The molecule has 0 N–H and O–H groups in total. The lowest BCUT2D eigenvalue weighted by Crippen LogP contribution is -2.14. The molecular formula is C12H16F3NO. The Hall–Kier alpha value is -1.26. The van der Waals surface area contributed by atoms with Gasteiger partial charge in [0.1, 0.15) is 0 Å². The van der Waals surface area contributed by atoms with Crippen LogP contribution in [0.5, 0.6) is 5.88 Å². The van der Waals surface area contributed by atoms with Gasteiger partial charge < -0.3 is 4.74 Å². The number of rotatable bonds is 4. The first kappa shape index (κ1) is 13.8. The van der Waals surface area contributed by atoms with E-state index in [2.05, 4.69) is 4.98 Å². The largest absolute Gasteiger partial charge is 0.481 e. The summed E-state index contributed by atoms with van der Waals surface area (Å²) in [5, 5.41) is 0. The van der Waals surface area contributed by atoms with Crippen molar-refractivity contribution >= 4 is 0 Å². The summed E-state index contributed by atoms with van der Waals surface area (Å²) in [6, 6.07) is 2.92. The molecular weight excluding hydrogens is 231 g/mol. The third kappa shape index (κ3) is 3.35. The number of halogens is 3. The van der Waals surface area contributed by atoms with E-state index in [1.807, 2.05) is 6.92 Å². The molecule has 0 aliphatic rings. The predicted octanol–water partition coefficient (Wildman–Crippen LogP) is 4.01. The van der Waals surface area contributed by atoms with Gasteiger partial charge >= 0.3 is 6.18 Å². The molecule has 0 aromatic carbocycles. The van der Waals surface area contributed by atoms with Crippen LogP contribution in [0.15, 0.2) is 12.1 Å². The van der Waals surface area contributed by atoms with E-state index in [1.165, 1.54) is 19.2 Å². The Morgan fingerprint density at radius 3 is 2.47 bits per heavy atom. The van der Waals surface area contributed by atoms with E-state index < -0.39 is 11.9 Å². The van der Waals surface area contributed by atoms with Crippen LogP contribution in [-0.2, 0) is 6.18 Å². The standard InChI is InChI=1S/C12H16F3NO/c1-4-5-8(2)9-6-7-10(17-3)16-11(9)12(13,14)15/h6-8H,4-5H2,1-3H3. The van der Waals surface area contributed by atoms with Gasteiger partial charge in [0, 0.05) is 6.07 Å². The van der Waals surface area contributed by atoms with E-state index in [1.54, 1.807) is 6.92 Å².